The van der Waals surface area contributed by atoms with Crippen LogP contribution in [0.4, 0.5) is 0 Å². The van der Waals surface area contributed by atoms with Gasteiger partial charge < -0.3 is 10.1 Å². The molecule has 1 atom stereocenters. The summed E-state index contributed by atoms with van der Waals surface area (Å²) in [5, 5.41) is 3.56. The molecular weight excluding hydrogens is 374 g/mol. The number of benzene rings is 3. The molecule has 3 rings (SSSR count). The van der Waals surface area contributed by atoms with Gasteiger partial charge in [-0.05, 0) is 35.4 Å². The molecule has 28 heavy (non-hydrogen) atoms. The molecule has 1 amide bonds. The monoisotopic (exact) mass is 393 g/mol. The number of halogens is 1. The molecule has 0 fully saturated rings. The highest BCUT2D eigenvalue weighted by Crippen LogP contribution is 2.19. The summed E-state index contributed by atoms with van der Waals surface area (Å²) >= 11 is 5.86. The van der Waals surface area contributed by atoms with Crippen LogP contribution < -0.4 is 5.32 Å². The highest BCUT2D eigenvalue weighted by molar-refractivity contribution is 6.30. The quantitative estimate of drug-likeness (QED) is 0.578. The summed E-state index contributed by atoms with van der Waals surface area (Å²) in [5.74, 6) is -0.628. The van der Waals surface area contributed by atoms with Crippen LogP contribution in [-0.2, 0) is 16.1 Å². The zero-order valence-corrected chi connectivity index (χ0v) is 15.9. The van der Waals surface area contributed by atoms with Crippen LogP contribution in [0.5, 0.6) is 0 Å². The number of hydrogen-bond donors (Lipinski definition) is 1. The molecule has 0 aliphatic carbocycles. The fourth-order valence-electron chi connectivity index (χ4n) is 2.74. The summed E-state index contributed by atoms with van der Waals surface area (Å²) in [6, 6.07) is 24.9. The number of amides is 1. The zero-order valence-electron chi connectivity index (χ0n) is 15.2. The van der Waals surface area contributed by atoms with Gasteiger partial charge in [0.2, 0.25) is 0 Å². The van der Waals surface area contributed by atoms with E-state index in [1.165, 1.54) is 0 Å². The Morgan fingerprint density at radius 3 is 2.11 bits per heavy atom. The molecule has 1 N–H and O–H groups in total. The van der Waals surface area contributed by atoms with Crippen molar-refractivity contribution in [2.45, 2.75) is 19.1 Å². The van der Waals surface area contributed by atoms with E-state index in [0.29, 0.717) is 10.6 Å². The number of rotatable bonds is 7. The van der Waals surface area contributed by atoms with Gasteiger partial charge in [0.15, 0.2) is 0 Å². The lowest BCUT2D eigenvalue weighted by atomic mass is 10.0. The third-order valence-electron chi connectivity index (χ3n) is 4.23. The molecule has 0 aliphatic heterocycles. The van der Waals surface area contributed by atoms with E-state index in [4.69, 9.17) is 16.3 Å². The van der Waals surface area contributed by atoms with Gasteiger partial charge >= 0.3 is 5.97 Å². The van der Waals surface area contributed by atoms with Crippen molar-refractivity contribution in [1.29, 1.82) is 0 Å². The van der Waals surface area contributed by atoms with Gasteiger partial charge in [0, 0.05) is 10.6 Å². The minimum Gasteiger partial charge on any atom is -0.461 e. The van der Waals surface area contributed by atoms with Crippen LogP contribution in [0.15, 0.2) is 84.9 Å². The van der Waals surface area contributed by atoms with E-state index in [1.54, 1.807) is 36.4 Å². The maximum Gasteiger partial charge on any atom is 0.308 e. The van der Waals surface area contributed by atoms with E-state index < -0.39 is 12.0 Å². The number of carbonyl (C=O) groups is 2. The molecule has 0 saturated heterocycles. The average Bonchev–Trinajstić information content (AvgIpc) is 2.74. The Balaban J connectivity index is 1.66. The van der Waals surface area contributed by atoms with Gasteiger partial charge in [0.05, 0.1) is 12.5 Å². The van der Waals surface area contributed by atoms with E-state index in [2.05, 4.69) is 5.32 Å². The van der Waals surface area contributed by atoms with Crippen molar-refractivity contribution in [3.8, 4) is 0 Å². The first-order valence-electron chi connectivity index (χ1n) is 8.93. The fraction of sp³-hybridized carbons (Fsp3) is 0.130. The predicted octanol–water partition coefficient (Wildman–Crippen LogP) is 4.94. The Bertz CT molecular complexity index is 912. The maximum absolute atomic E-state index is 12.5. The fourth-order valence-corrected chi connectivity index (χ4v) is 2.86. The molecule has 0 heterocycles. The molecule has 0 aromatic heterocycles. The van der Waals surface area contributed by atoms with Crippen molar-refractivity contribution in [3.63, 3.8) is 0 Å². The van der Waals surface area contributed by atoms with E-state index in [0.717, 1.165) is 11.1 Å². The second-order valence-corrected chi connectivity index (χ2v) is 6.73. The molecule has 5 heteroatoms. The van der Waals surface area contributed by atoms with Crippen molar-refractivity contribution >= 4 is 23.5 Å². The summed E-state index contributed by atoms with van der Waals surface area (Å²) in [6.07, 6.45) is 0.0379. The van der Waals surface area contributed by atoms with Crippen LogP contribution in [0.3, 0.4) is 0 Å². The first-order valence-corrected chi connectivity index (χ1v) is 9.30. The Kier molecular flexibility index (Phi) is 6.82. The molecule has 3 aromatic carbocycles. The number of esters is 1. The standard InChI is InChI=1S/C23H20ClNO3/c24-20-13-11-17(12-14-20)16-28-22(26)15-21(18-7-3-1-4-8-18)25-23(27)19-9-5-2-6-10-19/h1-14,21H,15-16H2,(H,25,27). The molecule has 0 spiro atoms. The average molecular weight is 394 g/mol. The molecule has 0 saturated carbocycles. The van der Waals surface area contributed by atoms with Gasteiger partial charge in [-0.25, -0.2) is 0 Å². The van der Waals surface area contributed by atoms with E-state index in [-0.39, 0.29) is 18.9 Å². The van der Waals surface area contributed by atoms with Crippen molar-refractivity contribution in [2.24, 2.45) is 0 Å². The number of carbonyl (C=O) groups excluding carboxylic acids is 2. The lowest BCUT2D eigenvalue weighted by Gasteiger charge is -2.19. The molecule has 0 aliphatic rings. The van der Waals surface area contributed by atoms with E-state index in [9.17, 15) is 9.59 Å². The maximum atomic E-state index is 12.5. The summed E-state index contributed by atoms with van der Waals surface area (Å²) < 4.78 is 5.37. The van der Waals surface area contributed by atoms with Crippen LogP contribution >= 0.6 is 11.6 Å². The number of hydrogen-bond acceptors (Lipinski definition) is 3. The van der Waals surface area contributed by atoms with Crippen LogP contribution in [-0.4, -0.2) is 11.9 Å². The van der Waals surface area contributed by atoms with Gasteiger partial charge in [0.25, 0.3) is 5.91 Å². The molecule has 0 bridgehead atoms. The molecular formula is C23H20ClNO3. The van der Waals surface area contributed by atoms with Crippen molar-refractivity contribution < 1.29 is 14.3 Å². The largest absolute Gasteiger partial charge is 0.461 e. The smallest absolute Gasteiger partial charge is 0.308 e. The predicted molar refractivity (Wildman–Crippen MR) is 109 cm³/mol. The van der Waals surface area contributed by atoms with Crippen LogP contribution in [0.2, 0.25) is 5.02 Å². The molecule has 3 aromatic rings. The lowest BCUT2D eigenvalue weighted by molar-refractivity contribution is -0.145. The zero-order chi connectivity index (χ0) is 19.8. The van der Waals surface area contributed by atoms with Crippen molar-refractivity contribution in [3.05, 3.63) is 107 Å². The highest BCUT2D eigenvalue weighted by atomic mass is 35.5. The topological polar surface area (TPSA) is 55.4 Å². The summed E-state index contributed by atoms with van der Waals surface area (Å²) in [6.45, 7) is 0.157. The van der Waals surface area contributed by atoms with Crippen LogP contribution in [0, 0.1) is 0 Å². The summed E-state index contributed by atoms with van der Waals surface area (Å²) in [5.41, 5.74) is 2.23. The summed E-state index contributed by atoms with van der Waals surface area (Å²) in [4.78, 5) is 24.9. The van der Waals surface area contributed by atoms with Crippen molar-refractivity contribution in [1.82, 2.24) is 5.32 Å². The van der Waals surface area contributed by atoms with E-state index >= 15 is 0 Å². The molecule has 1 unspecified atom stereocenters. The Hall–Kier alpha value is -3.11. The second kappa shape index (κ2) is 9.72. The SMILES string of the molecule is O=C(CC(NC(=O)c1ccccc1)c1ccccc1)OCc1ccc(Cl)cc1. The van der Waals surface area contributed by atoms with Crippen LogP contribution in [0.25, 0.3) is 0 Å². The van der Waals surface area contributed by atoms with Gasteiger partial charge in [-0.1, -0.05) is 72.3 Å². The van der Waals surface area contributed by atoms with Gasteiger partial charge in [-0.2, -0.15) is 0 Å². The number of ether oxygens (including phenoxy) is 1. The third kappa shape index (κ3) is 5.69. The molecule has 4 nitrogen and oxygen atoms in total. The van der Waals surface area contributed by atoms with E-state index in [1.807, 2.05) is 48.5 Å². The van der Waals surface area contributed by atoms with Gasteiger partial charge in [-0.3, -0.25) is 9.59 Å². The minimum atomic E-state index is -0.480. The minimum absolute atomic E-state index is 0.0379. The number of nitrogens with one attached hydrogen (secondary N) is 1. The Morgan fingerprint density at radius 2 is 1.46 bits per heavy atom. The first kappa shape index (κ1) is 19.6. The van der Waals surface area contributed by atoms with Crippen LogP contribution in [0.1, 0.15) is 33.9 Å². The Labute approximate surface area is 169 Å². The highest BCUT2D eigenvalue weighted by Gasteiger charge is 2.20. The molecule has 0 radical (unpaired) electrons. The van der Waals surface area contributed by atoms with Crippen molar-refractivity contribution in [2.75, 3.05) is 0 Å². The lowest BCUT2D eigenvalue weighted by Crippen LogP contribution is -2.30. The van der Waals surface area contributed by atoms with Gasteiger partial charge in [0.1, 0.15) is 6.61 Å². The second-order valence-electron chi connectivity index (χ2n) is 6.29. The Morgan fingerprint density at radius 1 is 0.857 bits per heavy atom. The first-order chi connectivity index (χ1) is 13.6. The third-order valence-corrected chi connectivity index (χ3v) is 4.48. The molecule has 142 valence electrons. The normalized spacial score (nSPS) is 11.5. The van der Waals surface area contributed by atoms with Gasteiger partial charge in [-0.15, -0.1) is 0 Å². The summed E-state index contributed by atoms with van der Waals surface area (Å²) in [7, 11) is 0.